The number of nitrogens with zero attached hydrogens (tertiary/aromatic N) is 5. The Morgan fingerprint density at radius 1 is 1.21 bits per heavy atom. The van der Waals surface area contributed by atoms with E-state index in [4.69, 9.17) is 15.5 Å². The Balaban J connectivity index is 1.36. The Kier molecular flexibility index (Phi) is 8.37. The molecule has 3 saturated heterocycles. The molecular formula is C37H42FN7O3. The van der Waals surface area contributed by atoms with Crippen LogP contribution in [0.1, 0.15) is 38.2 Å². The summed E-state index contributed by atoms with van der Waals surface area (Å²) in [4.78, 5) is 23.9. The van der Waals surface area contributed by atoms with Gasteiger partial charge in [-0.25, -0.2) is 14.2 Å². The summed E-state index contributed by atoms with van der Waals surface area (Å²) in [7, 11) is 4.07. The molecule has 3 atom stereocenters. The number of aromatic hydroxyl groups is 1. The predicted octanol–water partition coefficient (Wildman–Crippen LogP) is 6.11. The number of fused-ring (bicyclic) bond motifs is 3. The quantitative estimate of drug-likeness (QED) is 0.174. The number of halogens is 1. The van der Waals surface area contributed by atoms with E-state index in [0.717, 1.165) is 30.0 Å². The van der Waals surface area contributed by atoms with Gasteiger partial charge in [-0.05, 0) is 73.5 Å². The third-order valence-electron chi connectivity index (χ3n) is 10.4. The first-order valence-corrected chi connectivity index (χ1v) is 16.8. The molecule has 1 saturated carbocycles. The number of phenolic OH excluding ortho intramolecular Hbond substituents is 1. The van der Waals surface area contributed by atoms with Crippen LogP contribution >= 0.6 is 0 Å². The van der Waals surface area contributed by atoms with Crippen molar-refractivity contribution in [3.63, 3.8) is 0 Å². The smallest absolute Gasteiger partial charge is 0.410 e. The molecule has 4 N–H and O–H groups in total. The fourth-order valence-corrected chi connectivity index (χ4v) is 7.54. The summed E-state index contributed by atoms with van der Waals surface area (Å²) in [6.45, 7) is 4.46. The van der Waals surface area contributed by atoms with Gasteiger partial charge in [-0.15, -0.1) is 0 Å². The third kappa shape index (κ3) is 5.38. The van der Waals surface area contributed by atoms with Crippen molar-refractivity contribution >= 4 is 45.0 Å². The molecule has 0 radical (unpaired) electrons. The molecule has 10 nitrogen and oxygen atoms in total. The van der Waals surface area contributed by atoms with Crippen LogP contribution in [0.3, 0.4) is 0 Å². The summed E-state index contributed by atoms with van der Waals surface area (Å²) in [6.07, 6.45) is 2.82. The van der Waals surface area contributed by atoms with Crippen LogP contribution in [0.5, 0.6) is 5.75 Å². The average molecular weight is 652 g/mol. The minimum Gasteiger partial charge on any atom is -0.508 e. The molecule has 3 aromatic carbocycles. The van der Waals surface area contributed by atoms with Crippen molar-refractivity contribution in [2.45, 2.75) is 57.2 Å². The number of anilines is 3. The number of ether oxygens (including phenoxy) is 1. The van der Waals surface area contributed by atoms with Crippen LogP contribution in [0.4, 0.5) is 26.4 Å². The van der Waals surface area contributed by atoms with Gasteiger partial charge in [0.15, 0.2) is 11.6 Å². The zero-order valence-corrected chi connectivity index (χ0v) is 27.7. The summed E-state index contributed by atoms with van der Waals surface area (Å²) in [5.74, 6) is 0.225. The van der Waals surface area contributed by atoms with Gasteiger partial charge in [0.25, 0.3) is 0 Å². The number of likely N-dealkylation sites (N-methyl/N-ethyl adjacent to an activating group) is 1. The number of pyridine rings is 1. The van der Waals surface area contributed by atoms with Crippen molar-refractivity contribution in [3.8, 4) is 22.9 Å². The predicted molar refractivity (Wildman–Crippen MR) is 187 cm³/mol. The topological polar surface area (TPSA) is 131 Å². The van der Waals surface area contributed by atoms with Gasteiger partial charge in [-0.3, -0.25) is 0 Å². The van der Waals surface area contributed by atoms with Gasteiger partial charge in [-0.2, -0.15) is 5.26 Å². The SMILES string of the molecule is CCCCOC(=O)N1CC2CC1C2Nc1c(N)c(N2CC(N(C)C)C2)nc2c(F)c(-c3cc(O)cc4ccccc34)c(CCC#N)cc12. The minimum absolute atomic E-state index is 0.0243. The van der Waals surface area contributed by atoms with Crippen LogP contribution in [-0.4, -0.2) is 84.4 Å². The Hall–Kier alpha value is -4.82. The fourth-order valence-electron chi connectivity index (χ4n) is 7.54. The fraction of sp³-hybridized carbons (Fsp3) is 0.432. The normalized spacial score (nSPS) is 20.2. The molecular weight excluding hydrogens is 609 g/mol. The molecule has 3 aliphatic heterocycles. The van der Waals surface area contributed by atoms with E-state index in [1.165, 1.54) is 0 Å². The number of hydrogen-bond donors (Lipinski definition) is 3. The number of nitrogens with two attached hydrogens (primary N) is 1. The second kappa shape index (κ2) is 12.7. The molecule has 1 amide bonds. The molecule has 250 valence electrons. The highest BCUT2D eigenvalue weighted by Crippen LogP contribution is 2.48. The van der Waals surface area contributed by atoms with E-state index in [1.54, 1.807) is 17.0 Å². The van der Waals surface area contributed by atoms with Crippen LogP contribution in [0, 0.1) is 23.1 Å². The monoisotopic (exact) mass is 651 g/mol. The summed E-state index contributed by atoms with van der Waals surface area (Å²) < 4.78 is 22.8. The second-order valence-electron chi connectivity index (χ2n) is 13.6. The molecule has 1 aromatic heterocycles. The molecule has 11 heteroatoms. The molecule has 2 bridgehead atoms. The van der Waals surface area contributed by atoms with Crippen molar-refractivity contribution in [2.24, 2.45) is 5.92 Å². The Labute approximate surface area is 279 Å². The first-order valence-electron chi connectivity index (χ1n) is 16.8. The Morgan fingerprint density at radius 2 is 2.00 bits per heavy atom. The molecule has 4 aromatic rings. The first-order chi connectivity index (χ1) is 23.2. The number of unbranched alkanes of at least 4 members (excludes halogenated alkanes) is 1. The van der Waals surface area contributed by atoms with Gasteiger partial charge in [-0.1, -0.05) is 37.6 Å². The van der Waals surface area contributed by atoms with Crippen molar-refractivity contribution in [1.82, 2.24) is 14.8 Å². The molecule has 8 rings (SSSR count). The number of carbonyl (C=O) groups excluding carboxylic acids is 1. The summed E-state index contributed by atoms with van der Waals surface area (Å²) in [5, 5.41) is 26.0. The van der Waals surface area contributed by atoms with Crippen molar-refractivity contribution < 1.29 is 19.0 Å². The van der Waals surface area contributed by atoms with E-state index < -0.39 is 5.82 Å². The van der Waals surface area contributed by atoms with Crippen LogP contribution in [0.25, 0.3) is 32.8 Å². The van der Waals surface area contributed by atoms with E-state index in [0.29, 0.717) is 78.0 Å². The van der Waals surface area contributed by atoms with Crippen molar-refractivity contribution in [2.75, 3.05) is 56.3 Å². The Bertz CT molecular complexity index is 1940. The van der Waals surface area contributed by atoms with Gasteiger partial charge < -0.3 is 35.6 Å². The number of benzene rings is 3. The van der Waals surface area contributed by atoms with Gasteiger partial charge in [0.1, 0.15) is 11.3 Å². The van der Waals surface area contributed by atoms with E-state index in [-0.39, 0.29) is 41.8 Å². The highest BCUT2D eigenvalue weighted by molar-refractivity contribution is 6.06. The number of aryl methyl sites for hydroxylation is 1. The van der Waals surface area contributed by atoms with Gasteiger partial charge in [0, 0.05) is 49.0 Å². The number of rotatable bonds is 10. The van der Waals surface area contributed by atoms with Crippen LogP contribution < -0.4 is 16.0 Å². The summed E-state index contributed by atoms with van der Waals surface area (Å²) in [5.41, 5.74) is 9.63. The largest absolute Gasteiger partial charge is 0.508 e. The number of amides is 1. The number of carbonyl (C=O) groups is 1. The lowest BCUT2D eigenvalue weighted by Gasteiger charge is -2.44. The molecule has 4 heterocycles. The third-order valence-corrected chi connectivity index (χ3v) is 10.4. The van der Waals surface area contributed by atoms with Gasteiger partial charge >= 0.3 is 6.09 Å². The van der Waals surface area contributed by atoms with Crippen molar-refractivity contribution in [3.05, 3.63) is 53.8 Å². The molecule has 3 unspecified atom stereocenters. The second-order valence-corrected chi connectivity index (χ2v) is 13.6. The highest BCUT2D eigenvalue weighted by Gasteiger charge is 2.54. The van der Waals surface area contributed by atoms with Crippen LogP contribution in [0.15, 0.2) is 42.5 Å². The van der Waals surface area contributed by atoms with E-state index in [2.05, 4.69) is 28.1 Å². The maximum atomic E-state index is 17.3. The zero-order chi connectivity index (χ0) is 33.7. The summed E-state index contributed by atoms with van der Waals surface area (Å²) >= 11 is 0. The lowest BCUT2D eigenvalue weighted by atomic mass is 9.79. The number of nitriles is 1. The molecule has 4 aliphatic rings. The molecule has 1 aliphatic carbocycles. The first kappa shape index (κ1) is 31.8. The molecule has 4 fully saturated rings. The highest BCUT2D eigenvalue weighted by atomic mass is 19.1. The molecule has 48 heavy (non-hydrogen) atoms. The maximum absolute atomic E-state index is 17.3. The lowest BCUT2D eigenvalue weighted by molar-refractivity contribution is 0.0979. The van der Waals surface area contributed by atoms with E-state index in [1.807, 2.05) is 44.4 Å². The van der Waals surface area contributed by atoms with E-state index >= 15 is 4.39 Å². The number of phenols is 1. The number of nitrogens with one attached hydrogen (secondary N) is 1. The van der Waals surface area contributed by atoms with Crippen LogP contribution in [-0.2, 0) is 11.2 Å². The summed E-state index contributed by atoms with van der Waals surface area (Å²) in [6, 6.07) is 15.1. The zero-order valence-electron chi connectivity index (χ0n) is 27.7. The van der Waals surface area contributed by atoms with Crippen LogP contribution in [0.2, 0.25) is 0 Å². The Morgan fingerprint density at radius 3 is 2.75 bits per heavy atom. The van der Waals surface area contributed by atoms with Crippen molar-refractivity contribution in [1.29, 1.82) is 5.26 Å². The maximum Gasteiger partial charge on any atom is 0.410 e. The number of nitrogen functional groups attached to an aromatic ring is 1. The molecule has 0 spiro atoms. The lowest BCUT2D eigenvalue weighted by Crippen LogP contribution is -2.58. The van der Waals surface area contributed by atoms with Gasteiger partial charge in [0.05, 0.1) is 36.1 Å². The average Bonchev–Trinajstić information content (AvgIpc) is 3.64. The van der Waals surface area contributed by atoms with Gasteiger partial charge in [0.2, 0.25) is 0 Å². The number of hydrogen-bond acceptors (Lipinski definition) is 9. The standard InChI is InChI=1S/C37H42FN7O3/c1-4-5-13-48-37(47)45-18-23-16-29(45)33(23)41-35-28-15-22(10-8-12-39)30(27-17-25(46)14-21-9-6-7-11-26(21)27)31(38)34(28)42-36(32(35)40)44-19-24(20-44)43(2)3/h6-7,9,11,14-15,17,23-24,29,33,46H,4-5,8,10,13,16,18-20,40H2,1-3H3,(H,41,42). The van der Waals surface area contributed by atoms with E-state index in [9.17, 15) is 15.2 Å². The minimum atomic E-state index is -0.525. The number of aromatic nitrogens is 1.